The van der Waals surface area contributed by atoms with Crippen molar-refractivity contribution >= 4 is 39.1 Å². The van der Waals surface area contributed by atoms with E-state index in [1.165, 1.54) is 12.7 Å². The third-order valence-corrected chi connectivity index (χ3v) is 4.65. The van der Waals surface area contributed by atoms with Crippen LogP contribution in [0.25, 0.3) is 20.8 Å². The van der Waals surface area contributed by atoms with Crippen molar-refractivity contribution in [3.05, 3.63) is 48.0 Å². The third-order valence-electron chi connectivity index (χ3n) is 3.59. The zero-order valence-corrected chi connectivity index (χ0v) is 15.3. The summed E-state index contributed by atoms with van der Waals surface area (Å²) in [5, 5.41) is 3.61. The number of aryl methyl sites for hydroxylation is 1. The van der Waals surface area contributed by atoms with Crippen LogP contribution in [0.1, 0.15) is 5.56 Å². The molecule has 0 aliphatic rings. The second-order valence-electron chi connectivity index (χ2n) is 5.71. The standard InChI is InChI=1S/C19H18N2O4S/c1-12-3-8-15-16(9-12)26-19(21-15)13-4-6-14(7-5-13)20-17(22)10-25-18(23)11-24-2/h3-9H,10-11H2,1-2H3,(H,20,22). The van der Waals surface area contributed by atoms with Gasteiger partial charge in [-0.3, -0.25) is 4.79 Å². The number of hydrogen-bond donors (Lipinski definition) is 1. The highest BCUT2D eigenvalue weighted by Crippen LogP contribution is 2.31. The van der Waals surface area contributed by atoms with Gasteiger partial charge in [-0.1, -0.05) is 6.07 Å². The van der Waals surface area contributed by atoms with E-state index in [0.29, 0.717) is 5.69 Å². The molecule has 0 radical (unpaired) electrons. The van der Waals surface area contributed by atoms with Crippen LogP contribution in [0.3, 0.4) is 0 Å². The Bertz CT molecular complexity index is 934. The number of aromatic nitrogens is 1. The van der Waals surface area contributed by atoms with Crippen molar-refractivity contribution in [3.8, 4) is 10.6 Å². The normalized spacial score (nSPS) is 10.7. The molecule has 0 saturated carbocycles. The Balaban J connectivity index is 1.64. The first-order valence-corrected chi connectivity index (χ1v) is 8.79. The molecule has 0 bridgehead atoms. The average molecular weight is 370 g/mol. The summed E-state index contributed by atoms with van der Waals surface area (Å²) in [5.74, 6) is -0.985. The van der Waals surface area contributed by atoms with E-state index < -0.39 is 11.9 Å². The molecule has 0 saturated heterocycles. The Morgan fingerprint density at radius 1 is 1.12 bits per heavy atom. The Morgan fingerprint density at radius 3 is 2.62 bits per heavy atom. The molecule has 0 aliphatic carbocycles. The van der Waals surface area contributed by atoms with Gasteiger partial charge in [-0.15, -0.1) is 11.3 Å². The molecular formula is C19H18N2O4S. The monoisotopic (exact) mass is 370 g/mol. The van der Waals surface area contributed by atoms with E-state index in [9.17, 15) is 9.59 Å². The summed E-state index contributed by atoms with van der Waals surface area (Å²) in [4.78, 5) is 27.6. The molecule has 0 unspecified atom stereocenters. The zero-order valence-electron chi connectivity index (χ0n) is 14.4. The smallest absolute Gasteiger partial charge is 0.332 e. The lowest BCUT2D eigenvalue weighted by atomic mass is 10.2. The number of amides is 1. The van der Waals surface area contributed by atoms with E-state index in [4.69, 9.17) is 4.74 Å². The molecule has 3 rings (SSSR count). The molecule has 0 aliphatic heterocycles. The van der Waals surface area contributed by atoms with E-state index in [1.807, 2.05) is 24.3 Å². The molecule has 7 heteroatoms. The lowest BCUT2D eigenvalue weighted by molar-refractivity contribution is -0.150. The van der Waals surface area contributed by atoms with Gasteiger partial charge in [-0.25, -0.2) is 9.78 Å². The minimum absolute atomic E-state index is 0.177. The fourth-order valence-electron chi connectivity index (χ4n) is 2.35. The average Bonchev–Trinajstić information content (AvgIpc) is 3.04. The molecular weight excluding hydrogens is 352 g/mol. The molecule has 0 spiro atoms. The van der Waals surface area contributed by atoms with Gasteiger partial charge < -0.3 is 14.8 Å². The van der Waals surface area contributed by atoms with Crippen molar-refractivity contribution in [2.45, 2.75) is 6.92 Å². The number of carbonyl (C=O) groups excluding carboxylic acids is 2. The van der Waals surface area contributed by atoms with Crippen LogP contribution in [0, 0.1) is 6.92 Å². The second-order valence-corrected chi connectivity index (χ2v) is 6.74. The largest absolute Gasteiger partial charge is 0.454 e. The fraction of sp³-hybridized carbons (Fsp3) is 0.211. The topological polar surface area (TPSA) is 77.5 Å². The van der Waals surface area contributed by atoms with Gasteiger partial charge in [0.2, 0.25) is 0 Å². The molecule has 26 heavy (non-hydrogen) atoms. The number of methoxy groups -OCH3 is 1. The zero-order chi connectivity index (χ0) is 18.5. The maximum atomic E-state index is 11.8. The summed E-state index contributed by atoms with van der Waals surface area (Å²) in [7, 11) is 1.38. The van der Waals surface area contributed by atoms with Gasteiger partial charge in [0.05, 0.1) is 10.2 Å². The lowest BCUT2D eigenvalue weighted by Gasteiger charge is -2.06. The van der Waals surface area contributed by atoms with Crippen molar-refractivity contribution in [1.29, 1.82) is 0 Å². The number of esters is 1. The number of rotatable bonds is 6. The van der Waals surface area contributed by atoms with Gasteiger partial charge in [0, 0.05) is 18.4 Å². The van der Waals surface area contributed by atoms with E-state index in [-0.39, 0.29) is 13.2 Å². The van der Waals surface area contributed by atoms with Crippen LogP contribution < -0.4 is 5.32 Å². The van der Waals surface area contributed by atoms with Gasteiger partial charge >= 0.3 is 5.97 Å². The minimum Gasteiger partial charge on any atom is -0.454 e. The maximum Gasteiger partial charge on any atom is 0.332 e. The molecule has 2 aromatic carbocycles. The van der Waals surface area contributed by atoms with Crippen LogP contribution in [0.15, 0.2) is 42.5 Å². The molecule has 1 N–H and O–H groups in total. The van der Waals surface area contributed by atoms with Crippen LogP contribution in [0.5, 0.6) is 0 Å². The Kier molecular flexibility index (Phi) is 5.60. The maximum absolute atomic E-state index is 11.8. The van der Waals surface area contributed by atoms with Gasteiger partial charge in [-0.2, -0.15) is 0 Å². The van der Waals surface area contributed by atoms with E-state index in [1.54, 1.807) is 23.5 Å². The first-order valence-electron chi connectivity index (χ1n) is 7.97. The van der Waals surface area contributed by atoms with Crippen LogP contribution in [0.4, 0.5) is 5.69 Å². The summed E-state index contributed by atoms with van der Waals surface area (Å²) in [6, 6.07) is 13.6. The van der Waals surface area contributed by atoms with Gasteiger partial charge in [0.15, 0.2) is 6.61 Å². The van der Waals surface area contributed by atoms with E-state index in [2.05, 4.69) is 28.0 Å². The highest BCUT2D eigenvalue weighted by molar-refractivity contribution is 7.21. The molecule has 1 amide bonds. The number of thiazole rings is 1. The Morgan fingerprint density at radius 2 is 1.88 bits per heavy atom. The minimum atomic E-state index is -0.580. The second kappa shape index (κ2) is 8.07. The molecule has 6 nitrogen and oxygen atoms in total. The number of anilines is 1. The van der Waals surface area contributed by atoms with Gasteiger partial charge in [-0.05, 0) is 48.9 Å². The number of carbonyl (C=O) groups is 2. The van der Waals surface area contributed by atoms with E-state index >= 15 is 0 Å². The van der Waals surface area contributed by atoms with Crippen LogP contribution in [-0.2, 0) is 19.1 Å². The highest BCUT2D eigenvalue weighted by atomic mass is 32.1. The van der Waals surface area contributed by atoms with Crippen molar-refractivity contribution in [2.75, 3.05) is 25.6 Å². The van der Waals surface area contributed by atoms with E-state index in [0.717, 1.165) is 20.8 Å². The first-order chi connectivity index (χ1) is 12.5. The molecule has 134 valence electrons. The summed E-state index contributed by atoms with van der Waals surface area (Å²) in [5.41, 5.74) is 3.79. The van der Waals surface area contributed by atoms with Gasteiger partial charge in [0.25, 0.3) is 5.91 Å². The van der Waals surface area contributed by atoms with Crippen molar-refractivity contribution in [3.63, 3.8) is 0 Å². The SMILES string of the molecule is COCC(=O)OCC(=O)Nc1ccc(-c2nc3ccc(C)cc3s2)cc1. The van der Waals surface area contributed by atoms with Crippen LogP contribution in [-0.4, -0.2) is 37.2 Å². The number of hydrogen-bond acceptors (Lipinski definition) is 6. The molecule has 0 atom stereocenters. The fourth-order valence-corrected chi connectivity index (χ4v) is 3.42. The highest BCUT2D eigenvalue weighted by Gasteiger charge is 2.09. The number of benzene rings is 2. The quantitative estimate of drug-likeness (QED) is 0.673. The summed E-state index contributed by atoms with van der Waals surface area (Å²) in [6.07, 6.45) is 0. The Labute approximate surface area is 154 Å². The third kappa shape index (κ3) is 4.44. The molecule has 3 aromatic rings. The van der Waals surface area contributed by atoms with Crippen molar-refractivity contribution < 1.29 is 19.1 Å². The number of fused-ring (bicyclic) bond motifs is 1. The van der Waals surface area contributed by atoms with Crippen LogP contribution in [0.2, 0.25) is 0 Å². The predicted octanol–water partition coefficient (Wildman–Crippen LogP) is 3.40. The number of ether oxygens (including phenoxy) is 2. The Hall–Kier alpha value is -2.77. The van der Waals surface area contributed by atoms with Crippen LogP contribution >= 0.6 is 11.3 Å². The van der Waals surface area contributed by atoms with Gasteiger partial charge in [0.1, 0.15) is 11.6 Å². The molecule has 1 aromatic heterocycles. The summed E-state index contributed by atoms with van der Waals surface area (Å²) in [6.45, 7) is 1.54. The summed E-state index contributed by atoms with van der Waals surface area (Å²) < 4.78 is 10.5. The molecule has 0 fully saturated rings. The van der Waals surface area contributed by atoms with Crippen molar-refractivity contribution in [2.24, 2.45) is 0 Å². The number of nitrogens with one attached hydrogen (secondary N) is 1. The summed E-state index contributed by atoms with van der Waals surface area (Å²) >= 11 is 1.63. The predicted molar refractivity (Wildman–Crippen MR) is 101 cm³/mol. The number of nitrogens with zero attached hydrogens (tertiary/aromatic N) is 1. The van der Waals surface area contributed by atoms with Crippen molar-refractivity contribution in [1.82, 2.24) is 4.98 Å². The lowest BCUT2D eigenvalue weighted by Crippen LogP contribution is -2.22. The molecule has 1 heterocycles. The first kappa shape index (κ1) is 18.0.